The molecule has 0 aromatic heterocycles. The molecule has 2 aliphatic heterocycles. The minimum Gasteiger partial charge on any atom is -0.372 e. The molecule has 9 heteroatoms. The van der Waals surface area contributed by atoms with Gasteiger partial charge in [0.2, 0.25) is 5.91 Å². The summed E-state index contributed by atoms with van der Waals surface area (Å²) in [4.78, 5) is 21.3. The van der Waals surface area contributed by atoms with Crippen LogP contribution < -0.4 is 10.2 Å². The molecule has 1 N–H and O–H groups in total. The van der Waals surface area contributed by atoms with Crippen LogP contribution in [0.3, 0.4) is 0 Å². The normalized spacial score (nSPS) is 18.1. The summed E-state index contributed by atoms with van der Waals surface area (Å²) in [5.41, 5.74) is 3.88. The highest BCUT2D eigenvalue weighted by atomic mass is 19.4. The van der Waals surface area contributed by atoms with Gasteiger partial charge in [-0.05, 0) is 68.8 Å². The van der Waals surface area contributed by atoms with Gasteiger partial charge in [-0.15, -0.1) is 0 Å². The number of likely N-dealkylation sites (N-methyl/N-ethyl adjacent to an activating group) is 2. The summed E-state index contributed by atoms with van der Waals surface area (Å²) in [6.07, 6.45) is -3.80. The minimum absolute atomic E-state index is 0.146. The molecule has 4 rings (SSSR count). The summed E-state index contributed by atoms with van der Waals surface area (Å²) in [5.74, 6) is -1.02. The van der Waals surface area contributed by atoms with E-state index in [1.165, 1.54) is 0 Å². The van der Waals surface area contributed by atoms with Crippen molar-refractivity contribution in [2.75, 3.05) is 69.6 Å². The zero-order chi connectivity index (χ0) is 26.4. The summed E-state index contributed by atoms with van der Waals surface area (Å²) >= 11 is 0. The number of amides is 1. The molecular weight excluding hydrogens is 479 g/mol. The lowest BCUT2D eigenvalue weighted by Gasteiger charge is -2.34. The van der Waals surface area contributed by atoms with Gasteiger partial charge in [0.15, 0.2) is 0 Å². The molecule has 0 radical (unpaired) electrons. The number of halogens is 3. The van der Waals surface area contributed by atoms with Gasteiger partial charge in [-0.1, -0.05) is 12.1 Å². The topological polar surface area (TPSA) is 42.1 Å². The number of piperazine rings is 1. The molecule has 2 aromatic rings. The molecule has 2 heterocycles. The van der Waals surface area contributed by atoms with Crippen LogP contribution in [0.5, 0.6) is 0 Å². The molecule has 0 saturated carbocycles. The van der Waals surface area contributed by atoms with Gasteiger partial charge in [0.25, 0.3) is 0 Å². The Morgan fingerprint density at radius 1 is 0.919 bits per heavy atom. The molecule has 6 nitrogen and oxygen atoms in total. The number of benzene rings is 2. The van der Waals surface area contributed by atoms with E-state index in [0.717, 1.165) is 48.8 Å². The first-order chi connectivity index (χ1) is 17.7. The van der Waals surface area contributed by atoms with E-state index in [4.69, 9.17) is 0 Å². The number of alkyl halides is 3. The molecule has 0 spiro atoms. The number of nitrogens with zero attached hydrogens (tertiary/aromatic N) is 4. The first-order valence-corrected chi connectivity index (χ1v) is 13.2. The highest BCUT2D eigenvalue weighted by Gasteiger charge is 2.41. The van der Waals surface area contributed by atoms with E-state index >= 15 is 0 Å². The zero-order valence-corrected chi connectivity index (χ0v) is 21.8. The predicted molar refractivity (Wildman–Crippen MR) is 142 cm³/mol. The van der Waals surface area contributed by atoms with Crippen molar-refractivity contribution in [1.29, 1.82) is 0 Å². The average molecular weight is 518 g/mol. The molecule has 2 aliphatic rings. The van der Waals surface area contributed by atoms with Gasteiger partial charge < -0.3 is 20.0 Å². The van der Waals surface area contributed by atoms with E-state index in [1.807, 2.05) is 65.3 Å². The smallest absolute Gasteiger partial charge is 0.372 e. The molecule has 0 bridgehead atoms. The molecule has 2 aromatic carbocycles. The van der Waals surface area contributed by atoms with E-state index < -0.39 is 12.1 Å². The zero-order valence-electron chi connectivity index (χ0n) is 21.8. The lowest BCUT2D eigenvalue weighted by molar-refractivity contribution is -0.179. The Labute approximate surface area is 218 Å². The molecule has 2 fully saturated rings. The van der Waals surface area contributed by atoms with E-state index in [-0.39, 0.29) is 18.7 Å². The fourth-order valence-corrected chi connectivity index (χ4v) is 4.97. The molecule has 0 unspecified atom stereocenters. The number of hydrogen-bond donors (Lipinski definition) is 1. The van der Waals surface area contributed by atoms with Gasteiger partial charge in [0.1, 0.15) is 0 Å². The summed E-state index contributed by atoms with van der Waals surface area (Å²) in [6, 6.07) is 15.9. The number of carbonyl (C=O) groups excluding carboxylic acids is 1. The molecule has 0 aliphatic carbocycles. The van der Waals surface area contributed by atoms with Crippen molar-refractivity contribution in [3.8, 4) is 0 Å². The Hall–Kier alpha value is -2.78. The van der Waals surface area contributed by atoms with Crippen LogP contribution >= 0.6 is 0 Å². The van der Waals surface area contributed by atoms with E-state index in [1.54, 1.807) is 0 Å². The van der Waals surface area contributed by atoms with Crippen LogP contribution in [0.15, 0.2) is 48.5 Å². The van der Waals surface area contributed by atoms with Crippen LogP contribution in [-0.4, -0.2) is 86.2 Å². The van der Waals surface area contributed by atoms with E-state index in [9.17, 15) is 18.0 Å². The molecule has 1 amide bonds. The van der Waals surface area contributed by atoms with Crippen molar-refractivity contribution in [3.05, 3.63) is 54.1 Å². The first kappa shape index (κ1) is 27.3. The number of rotatable bonds is 8. The molecule has 202 valence electrons. The lowest BCUT2D eigenvalue weighted by Crippen LogP contribution is -2.48. The number of carbonyl (C=O) groups is 1. The van der Waals surface area contributed by atoms with Crippen molar-refractivity contribution in [2.24, 2.45) is 5.92 Å². The number of piperidine rings is 1. The van der Waals surface area contributed by atoms with Gasteiger partial charge in [0, 0.05) is 69.4 Å². The van der Waals surface area contributed by atoms with Gasteiger partial charge in [-0.2, -0.15) is 13.2 Å². The third kappa shape index (κ3) is 7.61. The summed E-state index contributed by atoms with van der Waals surface area (Å²) < 4.78 is 38.8. The van der Waals surface area contributed by atoms with Crippen molar-refractivity contribution >= 4 is 23.0 Å². The Morgan fingerprint density at radius 3 is 2.03 bits per heavy atom. The third-order valence-electron chi connectivity index (χ3n) is 7.50. The van der Waals surface area contributed by atoms with Crippen molar-refractivity contribution in [1.82, 2.24) is 14.7 Å². The summed E-state index contributed by atoms with van der Waals surface area (Å²) in [6.45, 7) is 8.44. The fraction of sp³-hybridized carbons (Fsp3) is 0.536. The minimum atomic E-state index is -4.09. The van der Waals surface area contributed by atoms with Gasteiger partial charge in [-0.25, -0.2) is 0 Å². The van der Waals surface area contributed by atoms with Crippen molar-refractivity contribution < 1.29 is 18.0 Å². The number of anilines is 3. The van der Waals surface area contributed by atoms with Gasteiger partial charge >= 0.3 is 6.18 Å². The van der Waals surface area contributed by atoms with Crippen LogP contribution in [0.4, 0.5) is 30.2 Å². The maximum absolute atomic E-state index is 12.9. The lowest BCUT2D eigenvalue weighted by atomic mass is 9.96. The second kappa shape index (κ2) is 12.2. The largest absolute Gasteiger partial charge is 0.391 e. The quantitative estimate of drug-likeness (QED) is 0.545. The van der Waals surface area contributed by atoms with E-state index in [2.05, 4.69) is 22.2 Å². The van der Waals surface area contributed by atoms with Crippen LogP contribution in [0, 0.1) is 5.92 Å². The van der Waals surface area contributed by atoms with E-state index in [0.29, 0.717) is 32.7 Å². The second-order valence-electron chi connectivity index (χ2n) is 10.2. The van der Waals surface area contributed by atoms with Crippen LogP contribution in [0.2, 0.25) is 0 Å². The Bertz CT molecular complexity index is 996. The SMILES string of the molecule is CCN(Cc1ccc(Nc2ccc(N3CCC(C(F)(F)F)CC3)cc2)cc1)C(=O)CN1CCN(C)CC1. The third-order valence-corrected chi connectivity index (χ3v) is 7.50. The fourth-order valence-electron chi connectivity index (χ4n) is 4.97. The average Bonchev–Trinajstić information content (AvgIpc) is 2.89. The molecule has 2 saturated heterocycles. The second-order valence-corrected chi connectivity index (χ2v) is 10.2. The standard InChI is InChI=1S/C28H38F3N5O/c1-3-35(27(37)21-34-18-16-33(2)17-19-34)20-22-4-6-24(7-5-22)32-25-8-10-26(11-9-25)36-14-12-23(13-15-36)28(29,30)31/h4-11,23,32H,3,12-21H2,1-2H3. The Morgan fingerprint density at radius 2 is 1.49 bits per heavy atom. The summed E-state index contributed by atoms with van der Waals surface area (Å²) in [5, 5.41) is 3.38. The predicted octanol–water partition coefficient (Wildman–Crippen LogP) is 4.80. The Kier molecular flexibility index (Phi) is 8.97. The maximum atomic E-state index is 12.9. The summed E-state index contributed by atoms with van der Waals surface area (Å²) in [7, 11) is 2.11. The maximum Gasteiger partial charge on any atom is 0.391 e. The molecule has 37 heavy (non-hydrogen) atoms. The van der Waals surface area contributed by atoms with Crippen molar-refractivity contribution in [2.45, 2.75) is 32.5 Å². The highest BCUT2D eigenvalue weighted by molar-refractivity contribution is 5.78. The van der Waals surface area contributed by atoms with Crippen molar-refractivity contribution in [3.63, 3.8) is 0 Å². The highest BCUT2D eigenvalue weighted by Crippen LogP contribution is 2.35. The number of hydrogen-bond acceptors (Lipinski definition) is 5. The number of nitrogens with one attached hydrogen (secondary N) is 1. The monoisotopic (exact) mass is 517 g/mol. The van der Waals surface area contributed by atoms with Gasteiger partial charge in [0.05, 0.1) is 12.5 Å². The Balaban J connectivity index is 1.26. The van der Waals surface area contributed by atoms with Crippen LogP contribution in [0.25, 0.3) is 0 Å². The van der Waals surface area contributed by atoms with Crippen LogP contribution in [0.1, 0.15) is 25.3 Å². The van der Waals surface area contributed by atoms with Gasteiger partial charge in [-0.3, -0.25) is 9.69 Å². The molecular formula is C28H38F3N5O. The first-order valence-electron chi connectivity index (χ1n) is 13.2. The van der Waals surface area contributed by atoms with Crippen LogP contribution in [-0.2, 0) is 11.3 Å². The molecule has 0 atom stereocenters.